The van der Waals surface area contributed by atoms with Gasteiger partial charge in [-0.3, -0.25) is 0 Å². The van der Waals surface area contributed by atoms with E-state index in [-0.39, 0.29) is 6.03 Å². The van der Waals surface area contributed by atoms with Gasteiger partial charge in [-0.15, -0.1) is 0 Å². The minimum Gasteiger partial charge on any atom is -0.390 e. The van der Waals surface area contributed by atoms with Gasteiger partial charge in [-0.1, -0.05) is 48.0 Å². The molecule has 0 spiro atoms. The Morgan fingerprint density at radius 1 is 1.08 bits per heavy atom. The van der Waals surface area contributed by atoms with Crippen LogP contribution in [0.4, 0.5) is 10.5 Å². The average molecular weight is 350 g/mol. The number of aryl methyl sites for hydroxylation is 1. The van der Waals surface area contributed by atoms with Gasteiger partial charge in [0, 0.05) is 25.2 Å². The lowest BCUT2D eigenvalue weighted by Crippen LogP contribution is -2.36. The summed E-state index contributed by atoms with van der Waals surface area (Å²) >= 11 is 0. The Labute approximate surface area is 154 Å². The Morgan fingerprint density at radius 3 is 2.31 bits per heavy atom. The number of carbonyl (C=O) groups is 1. The quantitative estimate of drug-likeness (QED) is 0.884. The van der Waals surface area contributed by atoms with Crippen molar-refractivity contribution < 1.29 is 9.90 Å². The predicted molar refractivity (Wildman–Crippen MR) is 103 cm³/mol. The van der Waals surface area contributed by atoms with Gasteiger partial charge in [0.2, 0.25) is 0 Å². The van der Waals surface area contributed by atoms with Crippen LogP contribution in [0.1, 0.15) is 24.0 Å². The number of anilines is 1. The Hall–Kier alpha value is -2.33. The number of urea groups is 1. The normalized spacial score (nSPS) is 27.4. The number of nitrogens with one attached hydrogen (secondary N) is 1. The fraction of sp³-hybridized carbons (Fsp3) is 0.409. The highest BCUT2D eigenvalue weighted by molar-refractivity contribution is 5.89. The van der Waals surface area contributed by atoms with Gasteiger partial charge in [0.15, 0.2) is 0 Å². The highest BCUT2D eigenvalue weighted by atomic mass is 16.3. The molecule has 2 fully saturated rings. The lowest BCUT2D eigenvalue weighted by Gasteiger charge is -2.26. The Balaban J connectivity index is 1.34. The van der Waals surface area contributed by atoms with Crippen LogP contribution in [0.3, 0.4) is 0 Å². The van der Waals surface area contributed by atoms with Crippen molar-refractivity contribution in [2.45, 2.75) is 31.8 Å². The summed E-state index contributed by atoms with van der Waals surface area (Å²) in [5.74, 6) is 0.792. The topological polar surface area (TPSA) is 52.6 Å². The van der Waals surface area contributed by atoms with E-state index in [1.165, 1.54) is 11.1 Å². The summed E-state index contributed by atoms with van der Waals surface area (Å²) < 4.78 is 0. The summed E-state index contributed by atoms with van der Waals surface area (Å²) in [6.07, 6.45) is 2.26. The number of benzene rings is 2. The highest BCUT2D eigenvalue weighted by Gasteiger charge is 2.49. The molecule has 3 atom stereocenters. The van der Waals surface area contributed by atoms with E-state index in [1.807, 2.05) is 54.3 Å². The second kappa shape index (κ2) is 6.76. The van der Waals surface area contributed by atoms with Crippen LogP contribution in [0.25, 0.3) is 0 Å². The number of hydrogen-bond donors (Lipinski definition) is 2. The third-order valence-electron chi connectivity index (χ3n) is 5.83. The Bertz CT molecular complexity index is 758. The van der Waals surface area contributed by atoms with Crippen molar-refractivity contribution >= 4 is 11.7 Å². The van der Waals surface area contributed by atoms with Crippen LogP contribution < -0.4 is 5.32 Å². The van der Waals surface area contributed by atoms with Crippen molar-refractivity contribution in [1.82, 2.24) is 4.90 Å². The summed E-state index contributed by atoms with van der Waals surface area (Å²) in [4.78, 5) is 14.4. The van der Waals surface area contributed by atoms with Crippen molar-refractivity contribution in [3.05, 3.63) is 65.7 Å². The zero-order valence-electron chi connectivity index (χ0n) is 15.2. The molecule has 136 valence electrons. The maximum Gasteiger partial charge on any atom is 0.321 e. The molecular weight excluding hydrogens is 324 g/mol. The zero-order valence-corrected chi connectivity index (χ0v) is 15.2. The molecule has 2 N–H and O–H groups in total. The maximum atomic E-state index is 12.5. The molecule has 2 aliphatic rings. The molecule has 0 unspecified atom stereocenters. The van der Waals surface area contributed by atoms with Gasteiger partial charge < -0.3 is 15.3 Å². The molecule has 2 aromatic carbocycles. The molecule has 0 aromatic heterocycles. The van der Waals surface area contributed by atoms with Gasteiger partial charge in [0.1, 0.15) is 0 Å². The minimum atomic E-state index is -0.629. The molecule has 1 heterocycles. The number of rotatable bonds is 3. The minimum absolute atomic E-state index is 0.0325. The second-order valence-electron chi connectivity index (χ2n) is 8.02. The zero-order chi connectivity index (χ0) is 18.1. The van der Waals surface area contributed by atoms with Gasteiger partial charge >= 0.3 is 6.03 Å². The number of amides is 2. The van der Waals surface area contributed by atoms with Crippen LogP contribution in [0.2, 0.25) is 0 Å². The average Bonchev–Trinajstić information content (AvgIpc) is 3.12. The molecule has 4 rings (SSSR count). The van der Waals surface area contributed by atoms with E-state index in [1.54, 1.807) is 0 Å². The summed E-state index contributed by atoms with van der Waals surface area (Å²) in [6.45, 7) is 3.50. The van der Waals surface area contributed by atoms with Gasteiger partial charge in [-0.2, -0.15) is 0 Å². The van der Waals surface area contributed by atoms with Crippen LogP contribution in [-0.2, 0) is 6.42 Å². The first-order valence-corrected chi connectivity index (χ1v) is 9.40. The molecule has 2 amide bonds. The smallest absolute Gasteiger partial charge is 0.321 e. The number of hydrogen-bond acceptors (Lipinski definition) is 2. The molecule has 1 saturated heterocycles. The first kappa shape index (κ1) is 17.1. The number of aliphatic hydroxyl groups is 1. The molecule has 26 heavy (non-hydrogen) atoms. The molecule has 1 aliphatic carbocycles. The molecule has 4 nitrogen and oxygen atoms in total. The summed E-state index contributed by atoms with van der Waals surface area (Å²) in [5.41, 5.74) is 2.56. The molecule has 4 heteroatoms. The molecule has 0 bridgehead atoms. The van der Waals surface area contributed by atoms with E-state index in [9.17, 15) is 9.90 Å². The van der Waals surface area contributed by atoms with Gasteiger partial charge in [0.25, 0.3) is 0 Å². The van der Waals surface area contributed by atoms with E-state index in [2.05, 4.69) is 17.4 Å². The van der Waals surface area contributed by atoms with Crippen molar-refractivity contribution in [1.29, 1.82) is 0 Å². The summed E-state index contributed by atoms with van der Waals surface area (Å²) in [6, 6.07) is 18.0. The Kier molecular flexibility index (Phi) is 4.45. The number of likely N-dealkylation sites (tertiary alicyclic amines) is 1. The van der Waals surface area contributed by atoms with Crippen LogP contribution in [0.15, 0.2) is 54.6 Å². The molecule has 1 aliphatic heterocycles. The van der Waals surface area contributed by atoms with E-state index in [0.717, 1.165) is 31.6 Å². The van der Waals surface area contributed by atoms with Crippen LogP contribution >= 0.6 is 0 Å². The van der Waals surface area contributed by atoms with Crippen molar-refractivity contribution in [3.63, 3.8) is 0 Å². The van der Waals surface area contributed by atoms with Crippen LogP contribution in [0, 0.1) is 18.8 Å². The fourth-order valence-corrected chi connectivity index (χ4v) is 4.59. The Morgan fingerprint density at radius 2 is 1.69 bits per heavy atom. The standard InChI is InChI=1S/C22H26N2O2/c1-16-7-9-20(10-8-16)23-21(25)24-14-18-12-22(26,13-19(18)15-24)11-17-5-3-2-4-6-17/h2-10,18-19,26H,11-15H2,1H3,(H,23,25)/t18-,19+,22-. The number of fused-ring (bicyclic) bond motifs is 1. The van der Waals surface area contributed by atoms with Gasteiger partial charge in [-0.25, -0.2) is 4.79 Å². The molecule has 1 saturated carbocycles. The number of carbonyl (C=O) groups excluding carboxylic acids is 1. The van der Waals surface area contributed by atoms with Crippen molar-refractivity contribution in [2.24, 2.45) is 11.8 Å². The van der Waals surface area contributed by atoms with E-state index >= 15 is 0 Å². The van der Waals surface area contributed by atoms with Crippen LogP contribution in [-0.4, -0.2) is 34.7 Å². The first-order valence-electron chi connectivity index (χ1n) is 9.40. The highest BCUT2D eigenvalue weighted by Crippen LogP contribution is 2.45. The van der Waals surface area contributed by atoms with E-state index in [0.29, 0.717) is 18.3 Å². The van der Waals surface area contributed by atoms with Crippen molar-refractivity contribution in [3.8, 4) is 0 Å². The lowest BCUT2D eigenvalue weighted by atomic mass is 9.91. The molecule has 0 radical (unpaired) electrons. The fourth-order valence-electron chi connectivity index (χ4n) is 4.59. The van der Waals surface area contributed by atoms with Gasteiger partial charge in [0.05, 0.1) is 5.60 Å². The largest absolute Gasteiger partial charge is 0.390 e. The predicted octanol–water partition coefficient (Wildman–Crippen LogP) is 3.84. The summed E-state index contributed by atoms with van der Waals surface area (Å²) in [5, 5.41) is 14.0. The number of nitrogens with zero attached hydrogens (tertiary/aromatic N) is 1. The second-order valence-corrected chi connectivity index (χ2v) is 8.02. The monoisotopic (exact) mass is 350 g/mol. The van der Waals surface area contributed by atoms with Gasteiger partial charge in [-0.05, 0) is 49.3 Å². The third-order valence-corrected chi connectivity index (χ3v) is 5.83. The summed E-state index contributed by atoms with van der Waals surface area (Å²) in [7, 11) is 0. The van der Waals surface area contributed by atoms with Crippen LogP contribution in [0.5, 0.6) is 0 Å². The third kappa shape index (κ3) is 3.61. The molecular formula is C22H26N2O2. The maximum absolute atomic E-state index is 12.5. The lowest BCUT2D eigenvalue weighted by molar-refractivity contribution is 0.0368. The van der Waals surface area contributed by atoms with E-state index < -0.39 is 5.60 Å². The first-order chi connectivity index (χ1) is 12.5. The van der Waals surface area contributed by atoms with Crippen molar-refractivity contribution in [2.75, 3.05) is 18.4 Å². The molecule has 2 aromatic rings. The van der Waals surface area contributed by atoms with E-state index in [4.69, 9.17) is 0 Å². The SMILES string of the molecule is Cc1ccc(NC(=O)N2C[C@@H]3C[C@@](O)(Cc4ccccc4)C[C@@H]3C2)cc1.